The highest BCUT2D eigenvalue weighted by atomic mass is 16.5. The van der Waals surface area contributed by atoms with Crippen molar-refractivity contribution in [1.82, 2.24) is 0 Å². The topological polar surface area (TPSA) is 71.1 Å². The molecule has 19 heavy (non-hydrogen) atoms. The predicted molar refractivity (Wildman–Crippen MR) is 76.1 cm³/mol. The number of rotatable bonds is 6. The van der Waals surface area contributed by atoms with Crippen LogP contribution in [0, 0.1) is 5.92 Å². The van der Waals surface area contributed by atoms with Gasteiger partial charge < -0.3 is 20.6 Å². The first-order valence-corrected chi connectivity index (χ1v) is 6.60. The van der Waals surface area contributed by atoms with Crippen LogP contribution >= 0.6 is 0 Å². The van der Waals surface area contributed by atoms with Gasteiger partial charge in [-0.15, -0.1) is 0 Å². The van der Waals surface area contributed by atoms with Gasteiger partial charge in [0.05, 0.1) is 12.8 Å². The monoisotopic (exact) mass is 263 g/mol. The summed E-state index contributed by atoms with van der Waals surface area (Å²) in [7, 11) is 1.64. The van der Waals surface area contributed by atoms with Gasteiger partial charge in [-0.3, -0.25) is 0 Å². The van der Waals surface area contributed by atoms with Crippen molar-refractivity contribution < 1.29 is 9.94 Å². The molecule has 2 rings (SSSR count). The summed E-state index contributed by atoms with van der Waals surface area (Å²) in [5, 5.41) is 12.0. The summed E-state index contributed by atoms with van der Waals surface area (Å²) in [6.07, 6.45) is 2.58. The highest BCUT2D eigenvalue weighted by Gasteiger charge is 2.25. The van der Waals surface area contributed by atoms with Crippen molar-refractivity contribution in [3.63, 3.8) is 0 Å². The van der Waals surface area contributed by atoms with Crippen molar-refractivity contribution in [2.45, 2.75) is 19.8 Å². The van der Waals surface area contributed by atoms with E-state index in [2.05, 4.69) is 17.0 Å². The first-order valence-electron chi connectivity index (χ1n) is 6.60. The quantitative estimate of drug-likeness (QED) is 0.356. The maximum absolute atomic E-state index is 8.90. The molecule has 104 valence electrons. The van der Waals surface area contributed by atoms with Crippen LogP contribution in [0.5, 0.6) is 5.75 Å². The van der Waals surface area contributed by atoms with Gasteiger partial charge >= 0.3 is 0 Å². The van der Waals surface area contributed by atoms with Crippen molar-refractivity contribution in [2.24, 2.45) is 16.8 Å². The number of nitrogens with two attached hydrogens (primary N) is 1. The smallest absolute Gasteiger partial charge is 0.172 e. The minimum absolute atomic E-state index is 0.131. The minimum atomic E-state index is 0.131. The normalized spacial score (nSPS) is 15.4. The molecule has 1 aromatic rings. The van der Waals surface area contributed by atoms with Gasteiger partial charge in [0.2, 0.25) is 0 Å². The number of ether oxygens (including phenoxy) is 1. The molecular formula is C14H21N3O2. The van der Waals surface area contributed by atoms with Crippen molar-refractivity contribution in [3.05, 3.63) is 23.8 Å². The van der Waals surface area contributed by atoms with Gasteiger partial charge in [-0.25, -0.2) is 0 Å². The molecule has 0 unspecified atom stereocenters. The number of methoxy groups -OCH3 is 1. The number of nitrogens with zero attached hydrogens (tertiary/aromatic N) is 2. The lowest BCUT2D eigenvalue weighted by molar-refractivity contribution is 0.318. The molecule has 0 heterocycles. The van der Waals surface area contributed by atoms with E-state index in [-0.39, 0.29) is 5.84 Å². The summed E-state index contributed by atoms with van der Waals surface area (Å²) in [4.78, 5) is 2.26. The molecule has 1 aliphatic rings. The molecule has 0 atom stereocenters. The van der Waals surface area contributed by atoms with Gasteiger partial charge in [-0.05, 0) is 37.8 Å². The second-order valence-electron chi connectivity index (χ2n) is 4.85. The molecule has 1 fully saturated rings. The van der Waals surface area contributed by atoms with Gasteiger partial charge in [0.1, 0.15) is 5.75 Å². The molecule has 0 aromatic heterocycles. The Bertz CT molecular complexity index is 470. The minimum Gasteiger partial charge on any atom is -0.497 e. The fourth-order valence-corrected chi connectivity index (χ4v) is 2.18. The van der Waals surface area contributed by atoms with E-state index < -0.39 is 0 Å². The molecule has 0 amide bonds. The van der Waals surface area contributed by atoms with E-state index in [4.69, 9.17) is 15.7 Å². The second kappa shape index (κ2) is 5.82. The van der Waals surface area contributed by atoms with E-state index in [1.165, 1.54) is 12.8 Å². The molecule has 1 aliphatic carbocycles. The summed E-state index contributed by atoms with van der Waals surface area (Å²) in [5.74, 6) is 1.68. The van der Waals surface area contributed by atoms with Crippen LogP contribution in [0.15, 0.2) is 23.4 Å². The molecular weight excluding hydrogens is 242 g/mol. The molecule has 3 N–H and O–H groups in total. The Labute approximate surface area is 113 Å². The van der Waals surface area contributed by atoms with Crippen LogP contribution in [0.1, 0.15) is 25.3 Å². The molecule has 0 spiro atoms. The molecule has 5 nitrogen and oxygen atoms in total. The van der Waals surface area contributed by atoms with E-state index in [9.17, 15) is 0 Å². The van der Waals surface area contributed by atoms with Crippen LogP contribution in [0.2, 0.25) is 0 Å². The summed E-state index contributed by atoms with van der Waals surface area (Å²) in [5.41, 5.74) is 7.46. The SMILES string of the molecule is CCN(CC1CC1)c1cc(OC)ccc1/C(N)=N/O. The Kier molecular flexibility index (Phi) is 4.14. The number of hydrogen-bond donors (Lipinski definition) is 2. The fraction of sp³-hybridized carbons (Fsp3) is 0.500. The average molecular weight is 263 g/mol. The average Bonchev–Trinajstić information content (AvgIpc) is 3.27. The number of hydrogen-bond acceptors (Lipinski definition) is 4. The zero-order chi connectivity index (χ0) is 13.8. The molecule has 0 bridgehead atoms. The number of amidine groups is 1. The van der Waals surface area contributed by atoms with E-state index in [0.717, 1.165) is 36.0 Å². The van der Waals surface area contributed by atoms with Crippen LogP contribution in [-0.2, 0) is 0 Å². The van der Waals surface area contributed by atoms with Crippen molar-refractivity contribution in [1.29, 1.82) is 0 Å². The van der Waals surface area contributed by atoms with Crippen LogP contribution < -0.4 is 15.4 Å². The third-order valence-corrected chi connectivity index (χ3v) is 3.49. The zero-order valence-corrected chi connectivity index (χ0v) is 11.5. The summed E-state index contributed by atoms with van der Waals surface area (Å²) < 4.78 is 5.27. The van der Waals surface area contributed by atoms with Crippen LogP contribution in [0.4, 0.5) is 5.69 Å². The van der Waals surface area contributed by atoms with E-state index >= 15 is 0 Å². The fourth-order valence-electron chi connectivity index (χ4n) is 2.18. The summed E-state index contributed by atoms with van der Waals surface area (Å²) >= 11 is 0. The lowest BCUT2D eigenvalue weighted by atomic mass is 10.1. The zero-order valence-electron chi connectivity index (χ0n) is 11.5. The lowest BCUT2D eigenvalue weighted by Gasteiger charge is -2.26. The van der Waals surface area contributed by atoms with E-state index in [1.54, 1.807) is 7.11 Å². The van der Waals surface area contributed by atoms with E-state index in [1.807, 2.05) is 18.2 Å². The second-order valence-corrected chi connectivity index (χ2v) is 4.85. The van der Waals surface area contributed by atoms with Gasteiger partial charge in [-0.1, -0.05) is 5.16 Å². The Hall–Kier alpha value is -1.91. The molecule has 0 aliphatic heterocycles. The first-order chi connectivity index (χ1) is 9.19. The highest BCUT2D eigenvalue weighted by molar-refractivity contribution is 6.02. The van der Waals surface area contributed by atoms with Crippen LogP contribution in [0.25, 0.3) is 0 Å². The molecule has 0 saturated heterocycles. The Morgan fingerprint density at radius 1 is 1.53 bits per heavy atom. The highest BCUT2D eigenvalue weighted by Crippen LogP contribution is 2.33. The molecule has 1 saturated carbocycles. The van der Waals surface area contributed by atoms with Gasteiger partial charge in [0.15, 0.2) is 5.84 Å². The van der Waals surface area contributed by atoms with Crippen molar-refractivity contribution in [2.75, 3.05) is 25.1 Å². The largest absolute Gasteiger partial charge is 0.497 e. The predicted octanol–water partition coefficient (Wildman–Crippen LogP) is 2.03. The number of oxime groups is 1. The molecule has 1 aromatic carbocycles. The lowest BCUT2D eigenvalue weighted by Crippen LogP contribution is -2.28. The van der Waals surface area contributed by atoms with Gasteiger partial charge in [0.25, 0.3) is 0 Å². The maximum Gasteiger partial charge on any atom is 0.172 e. The van der Waals surface area contributed by atoms with Gasteiger partial charge in [-0.2, -0.15) is 0 Å². The third-order valence-electron chi connectivity index (χ3n) is 3.49. The number of benzene rings is 1. The number of anilines is 1. The van der Waals surface area contributed by atoms with Crippen molar-refractivity contribution >= 4 is 11.5 Å². The van der Waals surface area contributed by atoms with Crippen LogP contribution in [0.3, 0.4) is 0 Å². The molecule has 0 radical (unpaired) electrons. The summed E-state index contributed by atoms with van der Waals surface area (Å²) in [6.45, 7) is 4.00. The molecule has 5 heteroatoms. The van der Waals surface area contributed by atoms with Crippen molar-refractivity contribution in [3.8, 4) is 5.75 Å². The van der Waals surface area contributed by atoms with Gasteiger partial charge in [0, 0.05) is 24.7 Å². The third kappa shape index (κ3) is 3.10. The maximum atomic E-state index is 8.90. The first kappa shape index (κ1) is 13.5. The Morgan fingerprint density at radius 2 is 2.26 bits per heavy atom. The summed E-state index contributed by atoms with van der Waals surface area (Å²) in [6, 6.07) is 5.60. The Balaban J connectivity index is 2.37. The standard InChI is InChI=1S/C14H21N3O2/c1-3-17(9-10-4-5-10)13-8-11(19-2)6-7-12(13)14(15)16-18/h6-8,10,18H,3-5,9H2,1-2H3,(H2,15,16). The van der Waals surface area contributed by atoms with E-state index in [0.29, 0.717) is 0 Å². The van der Waals surface area contributed by atoms with Crippen LogP contribution in [-0.4, -0.2) is 31.2 Å². The Morgan fingerprint density at radius 3 is 2.79 bits per heavy atom.